The molecular weight excluding hydrogens is 254 g/mol. The van der Waals surface area contributed by atoms with Crippen molar-refractivity contribution in [3.05, 3.63) is 17.7 Å². The molecule has 0 saturated carbocycles. The highest BCUT2D eigenvalue weighted by atomic mass is 32.2. The Morgan fingerprint density at radius 3 is 2.61 bits per heavy atom. The number of carboxylic acids is 1. The van der Waals surface area contributed by atoms with Gasteiger partial charge in [-0.25, -0.2) is 0 Å². The summed E-state index contributed by atoms with van der Waals surface area (Å²) >= 11 is 1.52. The van der Waals surface area contributed by atoms with Crippen LogP contribution in [0.1, 0.15) is 18.0 Å². The van der Waals surface area contributed by atoms with Crippen molar-refractivity contribution >= 4 is 17.7 Å². The summed E-state index contributed by atoms with van der Waals surface area (Å²) in [6.07, 6.45) is 1.82. The first-order valence-electron chi connectivity index (χ1n) is 5.56. The zero-order valence-corrected chi connectivity index (χ0v) is 10.8. The second-order valence-corrected chi connectivity index (χ2v) is 4.79. The van der Waals surface area contributed by atoms with Gasteiger partial charge in [-0.1, -0.05) is 0 Å². The van der Waals surface area contributed by atoms with E-state index in [1.165, 1.54) is 11.8 Å². The Balaban J connectivity index is 2.35. The SMILES string of the molecule is CSc1cc2c(cc1C(N)CC(=O)O)OCCO2. The number of benzene rings is 1. The van der Waals surface area contributed by atoms with Crippen LogP contribution < -0.4 is 15.2 Å². The van der Waals surface area contributed by atoms with Gasteiger partial charge in [-0.15, -0.1) is 11.8 Å². The third kappa shape index (κ3) is 2.70. The molecule has 3 N–H and O–H groups in total. The van der Waals surface area contributed by atoms with Crippen LogP contribution in [0, 0.1) is 0 Å². The smallest absolute Gasteiger partial charge is 0.305 e. The van der Waals surface area contributed by atoms with E-state index in [4.69, 9.17) is 20.3 Å². The first kappa shape index (κ1) is 13.0. The summed E-state index contributed by atoms with van der Waals surface area (Å²) in [4.78, 5) is 11.7. The van der Waals surface area contributed by atoms with E-state index in [9.17, 15) is 4.79 Å². The van der Waals surface area contributed by atoms with Crippen molar-refractivity contribution in [3.8, 4) is 11.5 Å². The highest BCUT2D eigenvalue weighted by Crippen LogP contribution is 2.38. The molecule has 98 valence electrons. The molecule has 2 rings (SSSR count). The summed E-state index contributed by atoms with van der Waals surface area (Å²) in [6.45, 7) is 1.03. The lowest BCUT2D eigenvalue weighted by Gasteiger charge is -2.22. The minimum atomic E-state index is -0.913. The van der Waals surface area contributed by atoms with Crippen LogP contribution in [0.5, 0.6) is 11.5 Å². The standard InChI is InChI=1S/C12H15NO4S/c1-18-11-6-10-9(16-2-3-17-10)4-7(11)8(13)5-12(14)15/h4,6,8H,2-3,5,13H2,1H3,(H,14,15). The second kappa shape index (κ2) is 5.49. The van der Waals surface area contributed by atoms with Gasteiger partial charge >= 0.3 is 5.97 Å². The van der Waals surface area contributed by atoms with Gasteiger partial charge in [-0.05, 0) is 24.0 Å². The van der Waals surface area contributed by atoms with Crippen LogP contribution in [0.15, 0.2) is 17.0 Å². The number of ether oxygens (including phenoxy) is 2. The highest BCUT2D eigenvalue weighted by molar-refractivity contribution is 7.98. The van der Waals surface area contributed by atoms with Crippen molar-refractivity contribution in [3.63, 3.8) is 0 Å². The molecule has 6 heteroatoms. The van der Waals surface area contributed by atoms with E-state index >= 15 is 0 Å². The minimum absolute atomic E-state index is 0.104. The molecule has 0 fully saturated rings. The molecular formula is C12H15NO4S. The fraction of sp³-hybridized carbons (Fsp3) is 0.417. The molecule has 1 heterocycles. The van der Waals surface area contributed by atoms with Gasteiger partial charge in [-0.2, -0.15) is 0 Å². The van der Waals surface area contributed by atoms with Gasteiger partial charge in [0.2, 0.25) is 0 Å². The normalized spacial score (nSPS) is 15.2. The third-order valence-electron chi connectivity index (χ3n) is 2.69. The Hall–Kier alpha value is -1.40. The number of fused-ring (bicyclic) bond motifs is 1. The summed E-state index contributed by atoms with van der Waals surface area (Å²) in [5.74, 6) is 0.413. The quantitative estimate of drug-likeness (QED) is 0.809. The Morgan fingerprint density at radius 2 is 2.06 bits per heavy atom. The highest BCUT2D eigenvalue weighted by Gasteiger charge is 2.20. The molecule has 5 nitrogen and oxygen atoms in total. The van der Waals surface area contributed by atoms with Crippen molar-refractivity contribution < 1.29 is 19.4 Å². The number of carboxylic acid groups (broad SMARTS) is 1. The molecule has 0 radical (unpaired) electrons. The number of rotatable bonds is 4. The van der Waals surface area contributed by atoms with Crippen molar-refractivity contribution in [2.45, 2.75) is 17.4 Å². The Bertz CT molecular complexity index is 464. The molecule has 0 aliphatic carbocycles. The van der Waals surface area contributed by atoms with Gasteiger partial charge in [0.05, 0.1) is 6.42 Å². The first-order valence-corrected chi connectivity index (χ1v) is 6.79. The fourth-order valence-electron chi connectivity index (χ4n) is 1.85. The third-order valence-corrected chi connectivity index (χ3v) is 3.48. The van der Waals surface area contributed by atoms with Crippen LogP contribution >= 0.6 is 11.8 Å². The molecule has 0 spiro atoms. The zero-order valence-electron chi connectivity index (χ0n) is 10.0. The van der Waals surface area contributed by atoms with Crippen molar-refractivity contribution in [2.75, 3.05) is 19.5 Å². The van der Waals surface area contributed by atoms with E-state index in [0.29, 0.717) is 24.7 Å². The van der Waals surface area contributed by atoms with Gasteiger partial charge < -0.3 is 20.3 Å². The monoisotopic (exact) mass is 269 g/mol. The number of aliphatic carboxylic acids is 1. The molecule has 1 aliphatic rings. The molecule has 18 heavy (non-hydrogen) atoms. The van der Waals surface area contributed by atoms with E-state index in [-0.39, 0.29) is 6.42 Å². The van der Waals surface area contributed by atoms with Crippen molar-refractivity contribution in [1.82, 2.24) is 0 Å². The number of thioether (sulfide) groups is 1. The van der Waals surface area contributed by atoms with Crippen LogP contribution in [0.3, 0.4) is 0 Å². The number of hydrogen-bond acceptors (Lipinski definition) is 5. The summed E-state index contributed by atoms with van der Waals surface area (Å²) in [6, 6.07) is 3.10. The van der Waals surface area contributed by atoms with E-state index in [1.807, 2.05) is 12.3 Å². The van der Waals surface area contributed by atoms with Crippen LogP contribution in [-0.4, -0.2) is 30.5 Å². The second-order valence-electron chi connectivity index (χ2n) is 3.94. The molecule has 0 saturated heterocycles. The number of nitrogens with two attached hydrogens (primary N) is 1. The molecule has 0 aromatic heterocycles. The summed E-state index contributed by atoms with van der Waals surface area (Å²) in [7, 11) is 0. The fourth-order valence-corrected chi connectivity index (χ4v) is 2.52. The maximum Gasteiger partial charge on any atom is 0.305 e. The van der Waals surface area contributed by atoms with Gasteiger partial charge in [-0.3, -0.25) is 4.79 Å². The largest absolute Gasteiger partial charge is 0.486 e. The molecule has 0 bridgehead atoms. The van der Waals surface area contributed by atoms with Gasteiger partial charge in [0.1, 0.15) is 13.2 Å². The van der Waals surface area contributed by atoms with Gasteiger partial charge in [0.15, 0.2) is 11.5 Å². The summed E-state index contributed by atoms with van der Waals surface area (Å²) in [5.41, 5.74) is 6.70. The lowest BCUT2D eigenvalue weighted by molar-refractivity contribution is -0.137. The first-order chi connectivity index (χ1) is 8.61. The van der Waals surface area contributed by atoms with E-state index < -0.39 is 12.0 Å². The Kier molecular flexibility index (Phi) is 3.98. The molecule has 1 atom stereocenters. The van der Waals surface area contributed by atoms with E-state index in [1.54, 1.807) is 6.07 Å². The Labute approximate surface area is 109 Å². The lowest BCUT2D eigenvalue weighted by Crippen LogP contribution is -2.19. The zero-order chi connectivity index (χ0) is 13.1. The molecule has 0 amide bonds. The number of hydrogen-bond donors (Lipinski definition) is 2. The van der Waals surface area contributed by atoms with Crippen LogP contribution in [-0.2, 0) is 4.79 Å². The summed E-state index contributed by atoms with van der Waals surface area (Å²) < 4.78 is 11.0. The average Bonchev–Trinajstić information content (AvgIpc) is 2.36. The van der Waals surface area contributed by atoms with Gasteiger partial charge in [0, 0.05) is 10.9 Å². The molecule has 1 aromatic carbocycles. The average molecular weight is 269 g/mol. The van der Waals surface area contributed by atoms with E-state index in [2.05, 4.69) is 0 Å². The topological polar surface area (TPSA) is 81.8 Å². The van der Waals surface area contributed by atoms with Crippen molar-refractivity contribution in [1.29, 1.82) is 0 Å². The molecule has 1 unspecified atom stereocenters. The minimum Gasteiger partial charge on any atom is -0.486 e. The Morgan fingerprint density at radius 1 is 1.44 bits per heavy atom. The molecule has 1 aromatic rings. The van der Waals surface area contributed by atoms with Crippen molar-refractivity contribution in [2.24, 2.45) is 5.73 Å². The number of carbonyl (C=O) groups is 1. The predicted octanol–water partition coefficient (Wildman–Crippen LogP) is 1.65. The van der Waals surface area contributed by atoms with E-state index in [0.717, 1.165) is 10.5 Å². The predicted molar refractivity (Wildman–Crippen MR) is 68.4 cm³/mol. The van der Waals surface area contributed by atoms with Gasteiger partial charge in [0.25, 0.3) is 0 Å². The lowest BCUT2D eigenvalue weighted by atomic mass is 10.0. The van der Waals surface area contributed by atoms with Crippen LogP contribution in [0.25, 0.3) is 0 Å². The summed E-state index contributed by atoms with van der Waals surface area (Å²) in [5, 5.41) is 8.80. The maximum absolute atomic E-state index is 10.7. The maximum atomic E-state index is 10.7. The molecule has 1 aliphatic heterocycles. The van der Waals surface area contributed by atoms with Crippen LogP contribution in [0.2, 0.25) is 0 Å². The van der Waals surface area contributed by atoms with Crippen LogP contribution in [0.4, 0.5) is 0 Å².